The van der Waals surface area contributed by atoms with E-state index in [2.05, 4.69) is 0 Å². The maximum absolute atomic E-state index is 12.0. The molecule has 15 heavy (non-hydrogen) atoms. The highest BCUT2D eigenvalue weighted by Gasteiger charge is 2.22. The van der Waals surface area contributed by atoms with Gasteiger partial charge in [0.25, 0.3) is 0 Å². The number of hydrogen-bond acceptors (Lipinski definition) is 2. The first-order chi connectivity index (χ1) is 7.15. The van der Waals surface area contributed by atoms with E-state index in [1.807, 2.05) is 16.7 Å². The molecule has 2 amide bonds. The average Bonchev–Trinajstić information content (AvgIpc) is 2.70. The van der Waals surface area contributed by atoms with Gasteiger partial charge >= 0.3 is 6.03 Å². The molecular formula is C10H19N3OS. The summed E-state index contributed by atoms with van der Waals surface area (Å²) in [7, 11) is 0. The molecule has 0 unspecified atom stereocenters. The van der Waals surface area contributed by atoms with E-state index < -0.39 is 0 Å². The van der Waals surface area contributed by atoms with Crippen LogP contribution in [0.4, 0.5) is 4.79 Å². The normalized spacial score (nSPS) is 15.4. The molecule has 1 aliphatic rings. The van der Waals surface area contributed by atoms with Crippen molar-refractivity contribution in [2.75, 3.05) is 26.2 Å². The van der Waals surface area contributed by atoms with Crippen LogP contribution in [0.2, 0.25) is 0 Å². The van der Waals surface area contributed by atoms with E-state index >= 15 is 0 Å². The lowest BCUT2D eigenvalue weighted by Crippen LogP contribution is -2.42. The van der Waals surface area contributed by atoms with E-state index in [0.29, 0.717) is 18.0 Å². The monoisotopic (exact) mass is 229 g/mol. The Hall–Kier alpha value is -0.840. The SMILES string of the molecule is CCN(CCC(N)=S)C(=O)N1CCCC1. The van der Waals surface area contributed by atoms with Crippen molar-refractivity contribution in [1.82, 2.24) is 9.80 Å². The van der Waals surface area contributed by atoms with E-state index in [9.17, 15) is 4.79 Å². The molecular weight excluding hydrogens is 210 g/mol. The molecule has 4 nitrogen and oxygen atoms in total. The third-order valence-electron chi connectivity index (χ3n) is 2.66. The second kappa shape index (κ2) is 5.90. The second-order valence-electron chi connectivity index (χ2n) is 3.77. The van der Waals surface area contributed by atoms with Crippen LogP contribution in [0.25, 0.3) is 0 Å². The van der Waals surface area contributed by atoms with Crippen molar-refractivity contribution in [3.05, 3.63) is 0 Å². The number of carbonyl (C=O) groups is 1. The molecule has 0 aromatic carbocycles. The first kappa shape index (κ1) is 12.2. The van der Waals surface area contributed by atoms with E-state index in [4.69, 9.17) is 18.0 Å². The highest BCUT2D eigenvalue weighted by atomic mass is 32.1. The molecule has 0 atom stereocenters. The Morgan fingerprint density at radius 3 is 2.53 bits per heavy atom. The zero-order valence-corrected chi connectivity index (χ0v) is 10.1. The number of hydrogen-bond donors (Lipinski definition) is 1. The summed E-state index contributed by atoms with van der Waals surface area (Å²) in [5, 5.41) is 0. The molecule has 0 radical (unpaired) electrons. The smallest absolute Gasteiger partial charge is 0.319 e. The van der Waals surface area contributed by atoms with Crippen LogP contribution < -0.4 is 5.73 Å². The van der Waals surface area contributed by atoms with Crippen LogP contribution in [0.1, 0.15) is 26.2 Å². The molecule has 0 aromatic heterocycles. The molecule has 1 heterocycles. The van der Waals surface area contributed by atoms with Gasteiger partial charge in [-0.05, 0) is 19.8 Å². The van der Waals surface area contributed by atoms with Crippen LogP contribution >= 0.6 is 12.2 Å². The van der Waals surface area contributed by atoms with Crippen LogP contribution in [-0.4, -0.2) is 47.0 Å². The average molecular weight is 229 g/mol. The van der Waals surface area contributed by atoms with Gasteiger partial charge in [0.05, 0.1) is 4.99 Å². The van der Waals surface area contributed by atoms with E-state index in [0.717, 1.165) is 32.5 Å². The summed E-state index contributed by atoms with van der Waals surface area (Å²) in [6, 6.07) is 0.131. The van der Waals surface area contributed by atoms with Gasteiger partial charge in [-0.25, -0.2) is 4.79 Å². The molecule has 0 spiro atoms. The summed E-state index contributed by atoms with van der Waals surface area (Å²) < 4.78 is 0. The van der Waals surface area contributed by atoms with Gasteiger partial charge in [-0.3, -0.25) is 0 Å². The van der Waals surface area contributed by atoms with Crippen molar-refractivity contribution in [1.29, 1.82) is 0 Å². The van der Waals surface area contributed by atoms with Gasteiger partial charge in [0.1, 0.15) is 0 Å². The number of rotatable bonds is 4. The zero-order valence-electron chi connectivity index (χ0n) is 9.24. The number of amides is 2. The molecule has 1 saturated heterocycles. The summed E-state index contributed by atoms with van der Waals surface area (Å²) >= 11 is 4.81. The second-order valence-corrected chi connectivity index (χ2v) is 4.30. The van der Waals surface area contributed by atoms with Crippen LogP contribution in [-0.2, 0) is 0 Å². The van der Waals surface area contributed by atoms with Crippen molar-refractivity contribution in [2.45, 2.75) is 26.2 Å². The lowest BCUT2D eigenvalue weighted by Gasteiger charge is -2.26. The summed E-state index contributed by atoms with van der Waals surface area (Å²) in [5.41, 5.74) is 5.43. The molecule has 0 saturated carbocycles. The minimum atomic E-state index is 0.131. The van der Waals surface area contributed by atoms with Crippen molar-refractivity contribution >= 4 is 23.2 Å². The Bertz CT molecular complexity index is 239. The Morgan fingerprint density at radius 2 is 2.07 bits per heavy atom. The minimum Gasteiger partial charge on any atom is -0.393 e. The van der Waals surface area contributed by atoms with Gasteiger partial charge in [0, 0.05) is 32.6 Å². The molecule has 0 bridgehead atoms. The van der Waals surface area contributed by atoms with Gasteiger partial charge in [-0.1, -0.05) is 12.2 Å². The van der Waals surface area contributed by atoms with Crippen molar-refractivity contribution < 1.29 is 4.79 Å². The zero-order chi connectivity index (χ0) is 11.3. The first-order valence-electron chi connectivity index (χ1n) is 5.47. The first-order valence-corrected chi connectivity index (χ1v) is 5.88. The van der Waals surface area contributed by atoms with Crippen LogP contribution in [0.3, 0.4) is 0 Å². The maximum atomic E-state index is 12.0. The summed E-state index contributed by atoms with van der Waals surface area (Å²) in [6.45, 7) is 5.12. The number of carbonyl (C=O) groups excluding carboxylic acids is 1. The van der Waals surface area contributed by atoms with Crippen LogP contribution in [0.15, 0.2) is 0 Å². The lowest BCUT2D eigenvalue weighted by molar-refractivity contribution is 0.166. The van der Waals surface area contributed by atoms with E-state index in [1.54, 1.807) is 0 Å². The Morgan fingerprint density at radius 1 is 1.47 bits per heavy atom. The highest BCUT2D eigenvalue weighted by Crippen LogP contribution is 2.10. The van der Waals surface area contributed by atoms with Gasteiger partial charge in [-0.15, -0.1) is 0 Å². The Labute approximate surface area is 96.4 Å². The molecule has 86 valence electrons. The Balaban J connectivity index is 2.42. The molecule has 5 heteroatoms. The Kier molecular flexibility index (Phi) is 4.81. The minimum absolute atomic E-state index is 0.131. The van der Waals surface area contributed by atoms with Gasteiger partial charge in [0.2, 0.25) is 0 Å². The topological polar surface area (TPSA) is 49.6 Å². The fraction of sp³-hybridized carbons (Fsp3) is 0.800. The fourth-order valence-corrected chi connectivity index (χ4v) is 1.83. The summed E-state index contributed by atoms with van der Waals surface area (Å²) in [5.74, 6) is 0. The molecule has 0 aliphatic carbocycles. The van der Waals surface area contributed by atoms with E-state index in [-0.39, 0.29) is 6.03 Å². The third kappa shape index (κ3) is 3.66. The largest absolute Gasteiger partial charge is 0.393 e. The number of thiocarbonyl (C=S) groups is 1. The van der Waals surface area contributed by atoms with E-state index in [1.165, 1.54) is 0 Å². The van der Waals surface area contributed by atoms with Gasteiger partial charge in [-0.2, -0.15) is 0 Å². The molecule has 1 fully saturated rings. The summed E-state index contributed by atoms with van der Waals surface area (Å²) in [4.78, 5) is 16.1. The predicted octanol–water partition coefficient (Wildman–Crippen LogP) is 1.20. The molecule has 1 aliphatic heterocycles. The van der Waals surface area contributed by atoms with Crippen molar-refractivity contribution in [3.8, 4) is 0 Å². The highest BCUT2D eigenvalue weighted by molar-refractivity contribution is 7.80. The maximum Gasteiger partial charge on any atom is 0.319 e. The fourth-order valence-electron chi connectivity index (χ4n) is 1.74. The molecule has 1 rings (SSSR count). The number of nitrogens with two attached hydrogens (primary N) is 1. The number of nitrogens with zero attached hydrogens (tertiary/aromatic N) is 2. The lowest BCUT2D eigenvalue weighted by atomic mass is 10.4. The number of likely N-dealkylation sites (tertiary alicyclic amines) is 1. The summed E-state index contributed by atoms with van der Waals surface area (Å²) in [6.07, 6.45) is 2.86. The standard InChI is InChI=1S/C10H19N3OS/c1-2-12(8-5-9(11)15)10(14)13-6-3-4-7-13/h2-8H2,1H3,(H2,11,15). The predicted molar refractivity (Wildman–Crippen MR) is 64.9 cm³/mol. The quantitative estimate of drug-likeness (QED) is 0.737. The van der Waals surface area contributed by atoms with Gasteiger partial charge < -0.3 is 15.5 Å². The van der Waals surface area contributed by atoms with Gasteiger partial charge in [0.15, 0.2) is 0 Å². The third-order valence-corrected chi connectivity index (χ3v) is 2.86. The molecule has 0 aromatic rings. The van der Waals surface area contributed by atoms with Crippen molar-refractivity contribution in [3.63, 3.8) is 0 Å². The van der Waals surface area contributed by atoms with Crippen LogP contribution in [0, 0.1) is 0 Å². The van der Waals surface area contributed by atoms with Crippen molar-refractivity contribution in [2.24, 2.45) is 5.73 Å². The van der Waals surface area contributed by atoms with Crippen LogP contribution in [0.5, 0.6) is 0 Å². The number of urea groups is 1. The molecule has 2 N–H and O–H groups in total.